The summed E-state index contributed by atoms with van der Waals surface area (Å²) >= 11 is 6.27. The van der Waals surface area contributed by atoms with Gasteiger partial charge in [0.25, 0.3) is 0 Å². The summed E-state index contributed by atoms with van der Waals surface area (Å²) in [4.78, 5) is 64.4. The molecule has 3 aliphatic carbocycles. The van der Waals surface area contributed by atoms with Crippen LogP contribution in [0.25, 0.3) is 16.7 Å². The number of hydrogen-bond donors (Lipinski definition) is 7. The number of nitrogens with zero attached hydrogens (tertiary/aromatic N) is 3. The maximum Gasteiger partial charge on any atom is 0.360 e. The molecule has 0 spiro atoms. The summed E-state index contributed by atoms with van der Waals surface area (Å²) in [6.07, 6.45) is -0.279. The quantitative estimate of drug-likeness (QED) is 0.0858. The zero-order valence-corrected chi connectivity index (χ0v) is 28.8. The Morgan fingerprint density at radius 1 is 1.08 bits per heavy atom. The molecule has 17 nitrogen and oxygen atoms in total. The number of aliphatic hydroxyl groups excluding tert-OH is 2. The van der Waals surface area contributed by atoms with Gasteiger partial charge in [-0.1, -0.05) is 11.6 Å². The molecule has 1 aliphatic heterocycles. The zero-order valence-electron chi connectivity index (χ0n) is 28.0. The van der Waals surface area contributed by atoms with E-state index in [1.165, 1.54) is 48.8 Å². The van der Waals surface area contributed by atoms with Gasteiger partial charge in [-0.25, -0.2) is 4.79 Å². The number of aromatic carboxylic acids is 1. The molecule has 4 aliphatic rings. The van der Waals surface area contributed by atoms with Crippen LogP contribution in [0.2, 0.25) is 5.02 Å². The summed E-state index contributed by atoms with van der Waals surface area (Å²) in [5.74, 6) is -8.77. The molecule has 1 aromatic heterocycles. The minimum atomic E-state index is -2.85. The van der Waals surface area contributed by atoms with Crippen molar-refractivity contribution in [2.24, 2.45) is 17.6 Å². The number of aromatic nitrogens is 2. The molecule has 2 heterocycles. The highest BCUT2D eigenvalue weighted by molar-refractivity contribution is 6.36. The van der Waals surface area contributed by atoms with E-state index in [0.717, 1.165) is 0 Å². The highest BCUT2D eigenvalue weighted by Gasteiger charge is 2.68. The number of fused-ring (bicyclic) bond motifs is 5. The summed E-state index contributed by atoms with van der Waals surface area (Å²) in [6.45, 7) is 3.68. The van der Waals surface area contributed by atoms with E-state index in [4.69, 9.17) is 31.9 Å². The zero-order chi connectivity index (χ0) is 38.4. The molecule has 3 aromatic rings. The molecular weight excluding hydrogens is 708 g/mol. The number of phenols is 1. The smallest absolute Gasteiger partial charge is 0.360 e. The maximum atomic E-state index is 13.7. The highest BCUT2D eigenvalue weighted by Crippen LogP contribution is 2.57. The molecule has 2 fully saturated rings. The Morgan fingerprint density at radius 3 is 2.29 bits per heavy atom. The Hall–Kier alpha value is -5.49. The van der Waals surface area contributed by atoms with Crippen LogP contribution < -0.4 is 20.6 Å². The largest absolute Gasteiger partial charge is 0.507 e. The lowest BCUT2D eigenvalue weighted by Gasteiger charge is -2.53. The number of carboxylic acids is 1. The van der Waals surface area contributed by atoms with Crippen molar-refractivity contribution in [3.8, 4) is 17.2 Å². The van der Waals surface area contributed by atoms with Crippen molar-refractivity contribution in [1.29, 1.82) is 0 Å². The Labute approximate surface area is 298 Å². The number of ketones is 3. The van der Waals surface area contributed by atoms with Crippen molar-refractivity contribution < 1.29 is 59.3 Å². The van der Waals surface area contributed by atoms with E-state index in [9.17, 15) is 49.5 Å². The molecule has 5 atom stereocenters. The van der Waals surface area contributed by atoms with E-state index < -0.39 is 92.1 Å². The van der Waals surface area contributed by atoms with E-state index in [2.05, 4.69) is 5.10 Å². The van der Waals surface area contributed by atoms with Gasteiger partial charge in [0.05, 0.1) is 28.1 Å². The molecule has 18 heteroatoms. The minimum Gasteiger partial charge on any atom is -0.507 e. The number of carboxylic acid groups (broad SMARTS) is 1. The van der Waals surface area contributed by atoms with Crippen LogP contribution in [0.4, 0.5) is 0 Å². The van der Waals surface area contributed by atoms with Gasteiger partial charge in [0.1, 0.15) is 17.1 Å². The van der Waals surface area contributed by atoms with Gasteiger partial charge in [0.2, 0.25) is 29.5 Å². The van der Waals surface area contributed by atoms with Crippen LogP contribution in [0.1, 0.15) is 41.9 Å². The fourth-order valence-electron chi connectivity index (χ4n) is 7.62. The lowest BCUT2D eigenvalue weighted by Crippen LogP contribution is -2.70. The fourth-order valence-corrected chi connectivity index (χ4v) is 7.97. The van der Waals surface area contributed by atoms with E-state index in [-0.39, 0.29) is 34.7 Å². The molecule has 0 amide bonds. The Balaban J connectivity index is 0.000000206. The number of phenolic OH excluding ortho intramolecular Hbond substituents is 1. The van der Waals surface area contributed by atoms with Crippen molar-refractivity contribution in [1.82, 2.24) is 14.7 Å². The number of aromatic hydroxyl groups is 1. The third-order valence-electron chi connectivity index (χ3n) is 10.0. The van der Waals surface area contributed by atoms with Gasteiger partial charge in [0, 0.05) is 40.6 Å². The van der Waals surface area contributed by atoms with E-state index in [1.807, 2.05) is 6.92 Å². The lowest BCUT2D eigenvalue weighted by atomic mass is 9.53. The number of Topliss-reactive ketones (excluding diaryl/α,β-unsaturated/α-hetero) is 3. The lowest BCUT2D eigenvalue weighted by molar-refractivity contribution is -0.169. The van der Waals surface area contributed by atoms with Gasteiger partial charge in [-0.15, -0.1) is 0 Å². The molecule has 52 heavy (non-hydrogen) atoms. The number of benzene rings is 2. The SMILES string of the molecule is CCn1nc(C(=O)O)c(=O)c2cc3c(cc21)OCO3.CN(C)[C@@H]1C(=O)/C(=C(\N)O)C(=O)[C@@]2(O)C(=O)C3=C(O)c4c(O)ccc(Cl)c4[C@@](C)(O)[C@H]3C[C@@H]12. The number of nitrogens with two attached hydrogens (primary N) is 1. The number of aliphatic hydroxyl groups is 4. The van der Waals surface area contributed by atoms with E-state index in [0.29, 0.717) is 23.6 Å². The van der Waals surface area contributed by atoms with Crippen molar-refractivity contribution in [3.05, 3.63) is 73.4 Å². The van der Waals surface area contributed by atoms with E-state index in [1.54, 1.807) is 6.07 Å². The Morgan fingerprint density at radius 2 is 1.71 bits per heavy atom. The summed E-state index contributed by atoms with van der Waals surface area (Å²) in [5.41, 5.74) is -1.73. The van der Waals surface area contributed by atoms with Gasteiger partial charge in [-0.05, 0) is 52.6 Å². The molecule has 8 N–H and O–H groups in total. The highest BCUT2D eigenvalue weighted by atomic mass is 35.5. The first-order chi connectivity index (χ1) is 24.3. The average molecular weight is 741 g/mol. The molecule has 0 saturated heterocycles. The first-order valence-electron chi connectivity index (χ1n) is 15.8. The minimum absolute atomic E-state index is 0.0184. The summed E-state index contributed by atoms with van der Waals surface area (Å²) in [5, 5.41) is 67.3. The number of likely N-dealkylation sites (N-methyl/N-ethyl adjacent to an activating group) is 1. The van der Waals surface area contributed by atoms with Crippen LogP contribution in [-0.4, -0.2) is 101 Å². The second kappa shape index (κ2) is 12.3. The number of ether oxygens (including phenoxy) is 2. The van der Waals surface area contributed by atoms with Gasteiger partial charge >= 0.3 is 5.97 Å². The van der Waals surface area contributed by atoms with Gasteiger partial charge in [0.15, 0.2) is 28.8 Å². The number of carbonyl (C=O) groups is 4. The van der Waals surface area contributed by atoms with Crippen LogP contribution in [0.15, 0.2) is 46.1 Å². The number of rotatable bonds is 3. The van der Waals surface area contributed by atoms with Crippen LogP contribution in [0.5, 0.6) is 17.2 Å². The summed E-state index contributed by atoms with van der Waals surface area (Å²) in [7, 11) is 2.97. The second-order valence-electron chi connectivity index (χ2n) is 13.1. The van der Waals surface area contributed by atoms with Crippen LogP contribution in [-0.2, 0) is 26.5 Å². The van der Waals surface area contributed by atoms with Crippen molar-refractivity contribution in [2.75, 3.05) is 20.9 Å². The van der Waals surface area contributed by atoms with Crippen molar-refractivity contribution in [3.63, 3.8) is 0 Å². The van der Waals surface area contributed by atoms with Crippen molar-refractivity contribution >= 4 is 51.6 Å². The monoisotopic (exact) mass is 740 g/mol. The summed E-state index contributed by atoms with van der Waals surface area (Å²) < 4.78 is 11.9. The van der Waals surface area contributed by atoms with E-state index >= 15 is 0 Å². The van der Waals surface area contributed by atoms with Crippen LogP contribution in [0, 0.1) is 11.8 Å². The topological polar surface area (TPSA) is 272 Å². The molecule has 2 aromatic carbocycles. The molecule has 2 saturated carbocycles. The van der Waals surface area contributed by atoms with Gasteiger partial charge in [-0.3, -0.25) is 28.8 Å². The predicted molar refractivity (Wildman–Crippen MR) is 180 cm³/mol. The fraction of sp³-hybridized carbons (Fsp3) is 0.353. The molecule has 274 valence electrons. The van der Waals surface area contributed by atoms with Crippen LogP contribution >= 0.6 is 11.6 Å². The number of carbonyl (C=O) groups excluding carboxylic acids is 3. The molecule has 0 radical (unpaired) electrons. The Kier molecular flexibility index (Phi) is 8.61. The first-order valence-corrected chi connectivity index (χ1v) is 16.1. The average Bonchev–Trinajstić information content (AvgIpc) is 3.53. The second-order valence-corrected chi connectivity index (χ2v) is 13.5. The maximum absolute atomic E-state index is 13.7. The standard InChI is InChI=1S/C22H23ClN2O8.C12H10N2O5/c1-21(32)7-6-8-15(25(2)3)17(28)13(20(24)31)19(30)22(8,33)18(29)11(7)16(27)12-10(26)5-4-9(23)14(12)21;1-2-14-7-4-9-8(18-5-19-9)3-6(7)11(15)10(13-14)12(16)17/h4-5,7-8,15,26-27,31-33H,6,24H2,1-3H3;3-4H,2,5H2,1H3,(H,16,17)/b20-13-;/t7-,8-,15-,21-,22-;/m0./s1. The molecular formula is C34H33ClN4O13. The first kappa shape index (κ1) is 36.3. The van der Waals surface area contributed by atoms with Gasteiger partial charge < -0.3 is 45.8 Å². The van der Waals surface area contributed by atoms with Gasteiger partial charge in [-0.2, -0.15) is 5.10 Å². The predicted octanol–water partition coefficient (Wildman–Crippen LogP) is 1.13. The van der Waals surface area contributed by atoms with Crippen LogP contribution in [0.3, 0.4) is 0 Å². The third-order valence-corrected chi connectivity index (χ3v) is 10.3. The van der Waals surface area contributed by atoms with Crippen molar-refractivity contribution in [2.45, 2.75) is 44.1 Å². The summed E-state index contributed by atoms with van der Waals surface area (Å²) in [6, 6.07) is 4.37. The molecule has 7 rings (SSSR count). The number of hydrogen-bond acceptors (Lipinski definition) is 15. The normalized spacial score (nSPS) is 27.2. The third kappa shape index (κ3) is 5.02. The number of aryl methyl sites for hydroxylation is 1. The molecule has 0 unspecified atom stereocenters. The number of halogens is 1. The molecule has 0 bridgehead atoms. The Bertz CT molecular complexity index is 2260.